The summed E-state index contributed by atoms with van der Waals surface area (Å²) in [4.78, 5) is 12.6. The third-order valence-corrected chi connectivity index (χ3v) is 7.70. The summed E-state index contributed by atoms with van der Waals surface area (Å²) in [5, 5.41) is 2.82. The third-order valence-electron chi connectivity index (χ3n) is 5.79. The van der Waals surface area contributed by atoms with Crippen molar-refractivity contribution < 1.29 is 31.1 Å². The van der Waals surface area contributed by atoms with Crippen LogP contribution >= 0.6 is 0 Å². The Balaban J connectivity index is 1.30. The Hall–Kier alpha value is -2.43. The first-order valence-corrected chi connectivity index (χ1v) is 11.7. The number of morpholine rings is 1. The molecule has 1 heterocycles. The largest absolute Gasteiger partial charge is 0.416 e. The molecule has 0 aromatic heterocycles. The van der Waals surface area contributed by atoms with E-state index < -0.39 is 21.8 Å². The second-order valence-electron chi connectivity index (χ2n) is 7.95. The molecule has 32 heavy (non-hydrogen) atoms. The number of rotatable bonds is 6. The molecule has 1 saturated heterocycles. The summed E-state index contributed by atoms with van der Waals surface area (Å²) < 4.78 is 69.9. The average molecular weight is 468 g/mol. The van der Waals surface area contributed by atoms with Gasteiger partial charge in [0.15, 0.2) is 0 Å². The van der Waals surface area contributed by atoms with E-state index in [0.717, 1.165) is 23.3 Å². The summed E-state index contributed by atoms with van der Waals surface area (Å²) >= 11 is 0. The summed E-state index contributed by atoms with van der Waals surface area (Å²) in [6, 6.07) is 11.3. The molecule has 2 aliphatic rings. The second kappa shape index (κ2) is 8.84. The van der Waals surface area contributed by atoms with Crippen molar-refractivity contribution in [1.82, 2.24) is 9.62 Å². The fourth-order valence-electron chi connectivity index (χ4n) is 3.81. The lowest BCUT2D eigenvalue weighted by Crippen LogP contribution is -2.40. The van der Waals surface area contributed by atoms with Crippen molar-refractivity contribution in [2.24, 2.45) is 5.92 Å². The first kappa shape index (κ1) is 22.8. The van der Waals surface area contributed by atoms with Gasteiger partial charge in [0, 0.05) is 25.6 Å². The van der Waals surface area contributed by atoms with E-state index in [4.69, 9.17) is 4.74 Å². The molecule has 2 unspecified atom stereocenters. The van der Waals surface area contributed by atoms with Gasteiger partial charge in [0.25, 0.3) is 0 Å². The van der Waals surface area contributed by atoms with Gasteiger partial charge in [-0.15, -0.1) is 0 Å². The number of sulfonamides is 1. The molecule has 1 N–H and O–H groups in total. The molecule has 2 atom stereocenters. The van der Waals surface area contributed by atoms with E-state index in [0.29, 0.717) is 32.7 Å². The van der Waals surface area contributed by atoms with Crippen LogP contribution in [0.5, 0.6) is 0 Å². The number of halogens is 3. The van der Waals surface area contributed by atoms with Crippen LogP contribution in [0.1, 0.15) is 29.0 Å². The number of carbonyl (C=O) groups excluding carboxylic acids is 1. The standard InChI is InChI=1S/C22H23F3N2O4S/c23-22(24,25)17-5-3-16(4-6-17)19-13-20(19)21(28)26-14-15-1-7-18(8-2-15)32(29,30)27-9-11-31-12-10-27/h1-8,19-20H,9-14H2,(H,26,28). The van der Waals surface area contributed by atoms with Crippen molar-refractivity contribution in [3.63, 3.8) is 0 Å². The number of hydrogen-bond donors (Lipinski definition) is 1. The van der Waals surface area contributed by atoms with Crippen LogP contribution in [0, 0.1) is 5.92 Å². The van der Waals surface area contributed by atoms with Crippen molar-refractivity contribution in [2.45, 2.75) is 30.0 Å². The maximum Gasteiger partial charge on any atom is 0.416 e. The minimum Gasteiger partial charge on any atom is -0.379 e. The molecule has 0 bridgehead atoms. The normalized spacial score (nSPS) is 21.8. The monoisotopic (exact) mass is 468 g/mol. The van der Waals surface area contributed by atoms with Crippen LogP contribution in [0.15, 0.2) is 53.4 Å². The molecule has 172 valence electrons. The van der Waals surface area contributed by atoms with Crippen LogP contribution in [0.2, 0.25) is 0 Å². The Labute approximate surface area is 184 Å². The predicted octanol–water partition coefficient (Wildman–Crippen LogP) is 3.15. The molecule has 1 aliphatic carbocycles. The lowest BCUT2D eigenvalue weighted by molar-refractivity contribution is -0.137. The van der Waals surface area contributed by atoms with Gasteiger partial charge in [0.1, 0.15) is 0 Å². The number of ether oxygens (including phenoxy) is 1. The quantitative estimate of drug-likeness (QED) is 0.707. The maximum atomic E-state index is 12.7. The number of amides is 1. The first-order chi connectivity index (χ1) is 15.2. The Kier molecular flexibility index (Phi) is 6.28. The van der Waals surface area contributed by atoms with E-state index in [2.05, 4.69) is 5.32 Å². The smallest absolute Gasteiger partial charge is 0.379 e. The van der Waals surface area contributed by atoms with Gasteiger partial charge in [-0.05, 0) is 47.7 Å². The van der Waals surface area contributed by atoms with Crippen LogP contribution in [0.4, 0.5) is 13.2 Å². The van der Waals surface area contributed by atoms with Crippen molar-refractivity contribution in [2.75, 3.05) is 26.3 Å². The van der Waals surface area contributed by atoms with Crippen molar-refractivity contribution in [3.05, 3.63) is 65.2 Å². The SMILES string of the molecule is O=C(NCc1ccc(S(=O)(=O)N2CCOCC2)cc1)C1CC1c1ccc(C(F)(F)F)cc1. The highest BCUT2D eigenvalue weighted by atomic mass is 32.2. The van der Waals surface area contributed by atoms with Crippen molar-refractivity contribution >= 4 is 15.9 Å². The molecule has 4 rings (SSSR count). The van der Waals surface area contributed by atoms with Crippen LogP contribution in [-0.2, 0) is 32.3 Å². The highest BCUT2D eigenvalue weighted by molar-refractivity contribution is 7.89. The van der Waals surface area contributed by atoms with E-state index in [1.807, 2.05) is 0 Å². The molecule has 0 spiro atoms. The van der Waals surface area contributed by atoms with Gasteiger partial charge in [-0.1, -0.05) is 24.3 Å². The first-order valence-electron chi connectivity index (χ1n) is 10.3. The fourth-order valence-corrected chi connectivity index (χ4v) is 5.22. The molecular weight excluding hydrogens is 445 g/mol. The van der Waals surface area contributed by atoms with Gasteiger partial charge in [-0.2, -0.15) is 17.5 Å². The number of benzene rings is 2. The van der Waals surface area contributed by atoms with E-state index in [-0.39, 0.29) is 29.2 Å². The van der Waals surface area contributed by atoms with Gasteiger partial charge in [0.05, 0.1) is 23.7 Å². The van der Waals surface area contributed by atoms with Gasteiger partial charge in [-0.3, -0.25) is 4.79 Å². The molecule has 2 aromatic rings. The minimum atomic E-state index is -4.38. The minimum absolute atomic E-state index is 0.0849. The van der Waals surface area contributed by atoms with Gasteiger partial charge < -0.3 is 10.1 Å². The van der Waals surface area contributed by atoms with Gasteiger partial charge >= 0.3 is 6.18 Å². The Morgan fingerprint density at radius 2 is 1.66 bits per heavy atom. The van der Waals surface area contributed by atoms with Gasteiger partial charge in [0.2, 0.25) is 15.9 Å². The summed E-state index contributed by atoms with van der Waals surface area (Å²) in [6.07, 6.45) is -3.79. The third kappa shape index (κ3) is 4.97. The lowest BCUT2D eigenvalue weighted by Gasteiger charge is -2.26. The number of alkyl halides is 3. The van der Waals surface area contributed by atoms with Crippen LogP contribution in [0.3, 0.4) is 0 Å². The summed E-state index contributed by atoms with van der Waals surface area (Å²) in [5.41, 5.74) is 0.767. The Morgan fingerprint density at radius 1 is 1.03 bits per heavy atom. The van der Waals surface area contributed by atoms with E-state index in [1.54, 1.807) is 12.1 Å². The van der Waals surface area contributed by atoms with Crippen LogP contribution < -0.4 is 5.32 Å². The molecule has 0 radical (unpaired) electrons. The number of hydrogen-bond acceptors (Lipinski definition) is 4. The zero-order valence-electron chi connectivity index (χ0n) is 17.1. The van der Waals surface area contributed by atoms with Crippen molar-refractivity contribution in [1.29, 1.82) is 0 Å². The van der Waals surface area contributed by atoms with E-state index in [1.165, 1.54) is 28.6 Å². The molecule has 1 saturated carbocycles. The predicted molar refractivity (Wildman–Crippen MR) is 110 cm³/mol. The Morgan fingerprint density at radius 3 is 2.25 bits per heavy atom. The average Bonchev–Trinajstić information content (AvgIpc) is 3.59. The zero-order chi connectivity index (χ0) is 22.9. The summed E-state index contributed by atoms with van der Waals surface area (Å²) in [6.45, 7) is 1.63. The number of nitrogens with one attached hydrogen (secondary N) is 1. The number of nitrogens with zero attached hydrogens (tertiary/aromatic N) is 1. The molecule has 1 amide bonds. The van der Waals surface area contributed by atoms with Gasteiger partial charge in [-0.25, -0.2) is 8.42 Å². The van der Waals surface area contributed by atoms with Crippen molar-refractivity contribution in [3.8, 4) is 0 Å². The van der Waals surface area contributed by atoms with Crippen LogP contribution in [-0.4, -0.2) is 44.9 Å². The maximum absolute atomic E-state index is 12.7. The molecule has 1 aliphatic heterocycles. The van der Waals surface area contributed by atoms with Crippen LogP contribution in [0.25, 0.3) is 0 Å². The van der Waals surface area contributed by atoms with E-state index in [9.17, 15) is 26.4 Å². The fraction of sp³-hybridized carbons (Fsp3) is 0.409. The molecular formula is C22H23F3N2O4S. The molecule has 2 aromatic carbocycles. The Bertz CT molecular complexity index is 1060. The zero-order valence-corrected chi connectivity index (χ0v) is 18.0. The second-order valence-corrected chi connectivity index (χ2v) is 9.88. The summed E-state index contributed by atoms with van der Waals surface area (Å²) in [7, 11) is -3.57. The number of carbonyl (C=O) groups is 1. The lowest BCUT2D eigenvalue weighted by atomic mass is 10.1. The molecule has 2 fully saturated rings. The van der Waals surface area contributed by atoms with E-state index >= 15 is 0 Å². The highest BCUT2D eigenvalue weighted by Gasteiger charge is 2.44. The molecule has 6 nitrogen and oxygen atoms in total. The topological polar surface area (TPSA) is 75.7 Å². The summed E-state index contributed by atoms with van der Waals surface area (Å²) in [5.74, 6) is -0.522. The highest BCUT2D eigenvalue weighted by Crippen LogP contribution is 2.48. The molecule has 10 heteroatoms.